The maximum Gasteiger partial charge on any atom is 0.310 e. The van der Waals surface area contributed by atoms with E-state index >= 15 is 0 Å². The zero-order valence-electron chi connectivity index (χ0n) is 18.8. The topological polar surface area (TPSA) is 94.0 Å². The summed E-state index contributed by atoms with van der Waals surface area (Å²) in [6.45, 7) is 3.69. The number of carbonyl (C=O) groups is 1. The number of halogens is 2. The highest BCUT2D eigenvalue weighted by Crippen LogP contribution is 2.47. The third kappa shape index (κ3) is 3.91. The SMILES string of the molecule is C[C@H](c1c(Cl)ccc(C2CC2)c1Cl)n1cnc2cnc(-c3ccc(N)cc3[C@@H](C)C(=O)O)cc21. The normalized spacial score (nSPS) is 15.4. The van der Waals surface area contributed by atoms with Crippen molar-refractivity contribution in [1.29, 1.82) is 0 Å². The monoisotopic (exact) mass is 494 g/mol. The average molecular weight is 495 g/mol. The number of benzene rings is 2. The Morgan fingerprint density at radius 2 is 1.91 bits per heavy atom. The maximum absolute atomic E-state index is 11.7. The Labute approximate surface area is 207 Å². The molecule has 2 aromatic heterocycles. The molecule has 0 bridgehead atoms. The lowest BCUT2D eigenvalue weighted by atomic mass is 9.93. The molecule has 0 spiro atoms. The summed E-state index contributed by atoms with van der Waals surface area (Å²) in [5, 5.41) is 10.9. The second-order valence-corrected chi connectivity index (χ2v) is 9.72. The average Bonchev–Trinajstić information content (AvgIpc) is 3.56. The summed E-state index contributed by atoms with van der Waals surface area (Å²) in [5.41, 5.74) is 12.0. The number of fused-ring (bicyclic) bond motifs is 1. The van der Waals surface area contributed by atoms with E-state index in [4.69, 9.17) is 28.9 Å². The number of nitrogens with two attached hydrogens (primary N) is 1. The Bertz CT molecular complexity index is 1430. The molecule has 1 fully saturated rings. The van der Waals surface area contributed by atoms with Gasteiger partial charge in [-0.15, -0.1) is 0 Å². The van der Waals surface area contributed by atoms with Gasteiger partial charge in [-0.2, -0.15) is 0 Å². The van der Waals surface area contributed by atoms with E-state index in [1.807, 2.05) is 35.8 Å². The highest BCUT2D eigenvalue weighted by Gasteiger charge is 2.29. The summed E-state index contributed by atoms with van der Waals surface area (Å²) >= 11 is 13.5. The summed E-state index contributed by atoms with van der Waals surface area (Å²) < 4.78 is 2.03. The zero-order valence-corrected chi connectivity index (χ0v) is 20.3. The second-order valence-electron chi connectivity index (χ2n) is 8.93. The van der Waals surface area contributed by atoms with Crippen molar-refractivity contribution >= 4 is 45.9 Å². The molecular formula is C26H24Cl2N4O2. The molecule has 34 heavy (non-hydrogen) atoms. The first-order chi connectivity index (χ1) is 16.3. The number of aliphatic carboxylic acids is 1. The van der Waals surface area contributed by atoms with Gasteiger partial charge in [0.15, 0.2) is 0 Å². The van der Waals surface area contributed by atoms with Crippen LogP contribution in [0.3, 0.4) is 0 Å². The number of nitrogen functional groups attached to an aromatic ring is 1. The van der Waals surface area contributed by atoms with E-state index < -0.39 is 11.9 Å². The van der Waals surface area contributed by atoms with Crippen molar-refractivity contribution < 1.29 is 9.90 Å². The maximum atomic E-state index is 11.7. The van der Waals surface area contributed by atoms with Crippen LogP contribution in [0.4, 0.5) is 5.69 Å². The molecule has 3 N–H and O–H groups in total. The molecule has 0 amide bonds. The molecular weight excluding hydrogens is 471 g/mol. The van der Waals surface area contributed by atoms with E-state index in [1.54, 1.807) is 31.6 Å². The third-order valence-electron chi connectivity index (χ3n) is 6.66. The van der Waals surface area contributed by atoms with Crippen LogP contribution in [0.1, 0.15) is 61.3 Å². The molecule has 0 saturated heterocycles. The van der Waals surface area contributed by atoms with Crippen LogP contribution in [0.25, 0.3) is 22.3 Å². The van der Waals surface area contributed by atoms with E-state index in [9.17, 15) is 9.90 Å². The van der Waals surface area contributed by atoms with Crippen LogP contribution in [-0.2, 0) is 4.79 Å². The van der Waals surface area contributed by atoms with Crippen molar-refractivity contribution in [2.24, 2.45) is 0 Å². The molecule has 1 saturated carbocycles. The largest absolute Gasteiger partial charge is 0.481 e. The highest BCUT2D eigenvalue weighted by atomic mass is 35.5. The minimum Gasteiger partial charge on any atom is -0.481 e. The molecule has 0 radical (unpaired) electrons. The Kier molecular flexibility index (Phi) is 5.74. The molecule has 1 aliphatic rings. The third-order valence-corrected chi connectivity index (χ3v) is 7.41. The van der Waals surface area contributed by atoms with Gasteiger partial charge in [0.25, 0.3) is 0 Å². The lowest BCUT2D eigenvalue weighted by Crippen LogP contribution is -2.10. The predicted octanol–water partition coefficient (Wildman–Crippen LogP) is 6.66. The smallest absolute Gasteiger partial charge is 0.310 e. The van der Waals surface area contributed by atoms with Gasteiger partial charge in [-0.05, 0) is 68.0 Å². The Morgan fingerprint density at radius 3 is 2.62 bits per heavy atom. The molecule has 1 aliphatic carbocycles. The van der Waals surface area contributed by atoms with Gasteiger partial charge in [-0.1, -0.05) is 35.3 Å². The van der Waals surface area contributed by atoms with E-state index in [2.05, 4.69) is 9.97 Å². The summed E-state index contributed by atoms with van der Waals surface area (Å²) in [7, 11) is 0. The van der Waals surface area contributed by atoms with Gasteiger partial charge in [0.1, 0.15) is 5.52 Å². The number of imidazole rings is 1. The van der Waals surface area contributed by atoms with E-state index in [0.717, 1.165) is 45.6 Å². The van der Waals surface area contributed by atoms with Crippen LogP contribution in [0.15, 0.2) is 48.9 Å². The van der Waals surface area contributed by atoms with Gasteiger partial charge in [-0.3, -0.25) is 9.78 Å². The Hall–Kier alpha value is -3.09. The lowest BCUT2D eigenvalue weighted by molar-refractivity contribution is -0.138. The number of anilines is 1. The summed E-state index contributed by atoms with van der Waals surface area (Å²) in [6.07, 6.45) is 5.76. The summed E-state index contributed by atoms with van der Waals surface area (Å²) in [6, 6.07) is 11.0. The van der Waals surface area contributed by atoms with Crippen molar-refractivity contribution in [3.63, 3.8) is 0 Å². The van der Waals surface area contributed by atoms with E-state index in [0.29, 0.717) is 27.9 Å². The number of carboxylic acid groups (broad SMARTS) is 1. The van der Waals surface area contributed by atoms with Gasteiger partial charge in [-0.25, -0.2) is 4.98 Å². The van der Waals surface area contributed by atoms with Gasteiger partial charge >= 0.3 is 5.97 Å². The summed E-state index contributed by atoms with van der Waals surface area (Å²) in [4.78, 5) is 20.8. The van der Waals surface area contributed by atoms with Crippen LogP contribution in [0, 0.1) is 0 Å². The summed E-state index contributed by atoms with van der Waals surface area (Å²) in [5.74, 6) is -1.15. The number of hydrogen-bond acceptors (Lipinski definition) is 4. The van der Waals surface area contributed by atoms with Crippen molar-refractivity contribution in [2.75, 3.05) is 5.73 Å². The van der Waals surface area contributed by atoms with Gasteiger partial charge in [0, 0.05) is 21.8 Å². The molecule has 5 rings (SSSR count). The molecule has 2 atom stereocenters. The lowest BCUT2D eigenvalue weighted by Gasteiger charge is -2.20. The number of rotatable bonds is 6. The first-order valence-corrected chi connectivity index (χ1v) is 11.9. The second kappa shape index (κ2) is 8.60. The van der Waals surface area contributed by atoms with Crippen molar-refractivity contribution in [3.05, 3.63) is 75.7 Å². The number of pyridine rings is 1. The minimum absolute atomic E-state index is 0.164. The molecule has 6 nitrogen and oxygen atoms in total. The predicted molar refractivity (Wildman–Crippen MR) is 136 cm³/mol. The van der Waals surface area contributed by atoms with E-state index in [1.165, 1.54) is 0 Å². The molecule has 2 aromatic carbocycles. The van der Waals surface area contributed by atoms with Gasteiger partial charge < -0.3 is 15.4 Å². The van der Waals surface area contributed by atoms with Gasteiger partial charge in [0.2, 0.25) is 0 Å². The quantitative estimate of drug-likeness (QED) is 0.292. The number of aromatic nitrogens is 3. The standard InChI is InChI=1S/C26H24Cl2N4O2/c1-13(26(33)34)19-9-16(29)5-6-18(19)21-10-23-22(11-30-21)31-12-32(23)14(2)24-20(27)8-7-17(25(24)28)15-3-4-15/h5-15H,3-4,29H2,1-2H3,(H,33,34)/t13-,14-/m1/s1. The Balaban J connectivity index is 1.63. The molecule has 8 heteroatoms. The zero-order chi connectivity index (χ0) is 24.1. The first kappa shape index (κ1) is 22.7. The number of carboxylic acids is 1. The fourth-order valence-corrected chi connectivity index (χ4v) is 5.35. The van der Waals surface area contributed by atoms with Crippen molar-refractivity contribution in [2.45, 2.75) is 44.6 Å². The van der Waals surface area contributed by atoms with Gasteiger partial charge in [0.05, 0.1) is 40.7 Å². The fraction of sp³-hybridized carbons (Fsp3) is 0.269. The van der Waals surface area contributed by atoms with Crippen LogP contribution in [0.5, 0.6) is 0 Å². The van der Waals surface area contributed by atoms with Crippen molar-refractivity contribution in [1.82, 2.24) is 14.5 Å². The molecule has 2 heterocycles. The molecule has 0 unspecified atom stereocenters. The van der Waals surface area contributed by atoms with Crippen LogP contribution >= 0.6 is 23.2 Å². The van der Waals surface area contributed by atoms with Crippen molar-refractivity contribution in [3.8, 4) is 11.3 Å². The molecule has 0 aliphatic heterocycles. The van der Waals surface area contributed by atoms with E-state index in [-0.39, 0.29) is 6.04 Å². The van der Waals surface area contributed by atoms with Crippen LogP contribution < -0.4 is 5.73 Å². The highest BCUT2D eigenvalue weighted by molar-refractivity contribution is 6.36. The first-order valence-electron chi connectivity index (χ1n) is 11.2. The van der Waals surface area contributed by atoms with Crippen LogP contribution in [0.2, 0.25) is 10.0 Å². The molecule has 4 aromatic rings. The fourth-order valence-electron chi connectivity index (χ4n) is 4.51. The van der Waals surface area contributed by atoms with Crippen LogP contribution in [-0.4, -0.2) is 25.6 Å². The number of nitrogens with zero attached hydrogens (tertiary/aromatic N) is 3. The minimum atomic E-state index is -0.925. The molecule has 174 valence electrons. The number of hydrogen-bond donors (Lipinski definition) is 2. The Morgan fingerprint density at radius 1 is 1.15 bits per heavy atom.